The number of benzene rings is 1. The van der Waals surface area contributed by atoms with Crippen LogP contribution in [0.1, 0.15) is 12.2 Å². The van der Waals surface area contributed by atoms with Gasteiger partial charge in [-0.25, -0.2) is 0 Å². The molecule has 1 aromatic heterocycles. The molecular weight excluding hydrogens is 298 g/mol. The molecule has 0 unspecified atom stereocenters. The highest BCUT2D eigenvalue weighted by Crippen LogP contribution is 2.28. The van der Waals surface area contributed by atoms with Gasteiger partial charge in [0.2, 0.25) is 0 Å². The fourth-order valence-electron chi connectivity index (χ4n) is 1.55. The third-order valence-electron chi connectivity index (χ3n) is 2.44. The highest BCUT2D eigenvalue weighted by atomic mass is 79.9. The first kappa shape index (κ1) is 13.0. The number of ether oxygens (including phenoxy) is 1. The van der Waals surface area contributed by atoms with Crippen LogP contribution in [-0.4, -0.2) is 23.9 Å². The molecule has 2 aromatic rings. The van der Waals surface area contributed by atoms with Gasteiger partial charge in [0, 0.05) is 30.3 Å². The van der Waals surface area contributed by atoms with Crippen LogP contribution < -0.4 is 5.73 Å². The third kappa shape index (κ3) is 3.08. The summed E-state index contributed by atoms with van der Waals surface area (Å²) in [5.74, 6) is 1.15. The fraction of sp³-hybridized carbons (Fsp3) is 0.333. The molecule has 0 saturated carbocycles. The van der Waals surface area contributed by atoms with Gasteiger partial charge in [0.1, 0.15) is 0 Å². The van der Waals surface area contributed by atoms with Crippen molar-refractivity contribution >= 4 is 21.6 Å². The molecule has 0 atom stereocenters. The van der Waals surface area contributed by atoms with Gasteiger partial charge in [0.25, 0.3) is 5.89 Å². The molecule has 2 rings (SSSR count). The highest BCUT2D eigenvalue weighted by molar-refractivity contribution is 9.10. The summed E-state index contributed by atoms with van der Waals surface area (Å²) in [5.41, 5.74) is 7.21. The van der Waals surface area contributed by atoms with Gasteiger partial charge in [-0.1, -0.05) is 5.16 Å². The van der Waals surface area contributed by atoms with Crippen LogP contribution in [-0.2, 0) is 11.2 Å². The van der Waals surface area contributed by atoms with Crippen LogP contribution in [0.4, 0.5) is 5.69 Å². The molecule has 0 bridgehead atoms. The molecule has 1 aromatic carbocycles. The average molecular weight is 312 g/mol. The summed E-state index contributed by atoms with van der Waals surface area (Å²) in [6.45, 7) is 0.686. The quantitative estimate of drug-likeness (QED) is 0.678. The Morgan fingerprint density at radius 1 is 1.44 bits per heavy atom. The van der Waals surface area contributed by atoms with E-state index in [1.165, 1.54) is 0 Å². The summed E-state index contributed by atoms with van der Waals surface area (Å²) in [6, 6.07) is 5.47. The summed E-state index contributed by atoms with van der Waals surface area (Å²) in [5, 5.41) is 3.93. The van der Waals surface area contributed by atoms with Gasteiger partial charge < -0.3 is 15.0 Å². The summed E-state index contributed by atoms with van der Waals surface area (Å²) in [6.07, 6.45) is 1.60. The summed E-state index contributed by atoms with van der Waals surface area (Å²) in [4.78, 5) is 4.34. The van der Waals surface area contributed by atoms with Crippen LogP contribution in [0.15, 0.2) is 27.2 Å². The second-order valence-corrected chi connectivity index (χ2v) is 4.71. The van der Waals surface area contributed by atoms with E-state index in [4.69, 9.17) is 15.0 Å². The molecule has 5 nitrogen and oxygen atoms in total. The van der Waals surface area contributed by atoms with Crippen molar-refractivity contribution in [3.63, 3.8) is 0 Å². The molecule has 0 spiro atoms. The Bertz CT molecular complexity index is 528. The lowest BCUT2D eigenvalue weighted by molar-refractivity contribution is 0.194. The minimum atomic E-state index is 0.474. The summed E-state index contributed by atoms with van der Waals surface area (Å²) in [7, 11) is 1.67. The summed E-state index contributed by atoms with van der Waals surface area (Å²) >= 11 is 3.44. The molecular formula is C12H14BrN3O2. The molecule has 0 amide bonds. The van der Waals surface area contributed by atoms with E-state index in [-0.39, 0.29) is 0 Å². The number of aryl methyl sites for hydroxylation is 1. The molecule has 1 heterocycles. The maximum absolute atomic E-state index is 5.74. The number of methoxy groups -OCH3 is 1. The largest absolute Gasteiger partial charge is 0.399 e. The molecule has 96 valence electrons. The monoisotopic (exact) mass is 311 g/mol. The van der Waals surface area contributed by atoms with Crippen LogP contribution >= 0.6 is 15.9 Å². The number of rotatable bonds is 5. The molecule has 0 aliphatic carbocycles. The van der Waals surface area contributed by atoms with Gasteiger partial charge in [-0.3, -0.25) is 0 Å². The number of nitrogens with two attached hydrogens (primary N) is 1. The summed E-state index contributed by atoms with van der Waals surface area (Å²) < 4.78 is 11.1. The van der Waals surface area contributed by atoms with Gasteiger partial charge in [0.05, 0.1) is 5.56 Å². The first-order valence-electron chi connectivity index (χ1n) is 5.57. The predicted molar refractivity (Wildman–Crippen MR) is 72.0 cm³/mol. The van der Waals surface area contributed by atoms with Crippen LogP contribution in [0.3, 0.4) is 0 Å². The van der Waals surface area contributed by atoms with Crippen LogP contribution in [0.25, 0.3) is 11.5 Å². The van der Waals surface area contributed by atoms with E-state index < -0.39 is 0 Å². The number of hydrogen-bond acceptors (Lipinski definition) is 5. The van der Waals surface area contributed by atoms with Crippen LogP contribution in [0.2, 0.25) is 0 Å². The molecule has 0 aliphatic heterocycles. The number of anilines is 1. The zero-order chi connectivity index (χ0) is 13.0. The molecule has 0 radical (unpaired) electrons. The fourth-order valence-corrected chi connectivity index (χ4v) is 1.96. The van der Waals surface area contributed by atoms with Gasteiger partial charge in [-0.2, -0.15) is 4.98 Å². The van der Waals surface area contributed by atoms with E-state index in [0.717, 1.165) is 22.9 Å². The number of nitrogens with zero attached hydrogens (tertiary/aromatic N) is 2. The minimum Gasteiger partial charge on any atom is -0.399 e. The number of nitrogen functional groups attached to an aromatic ring is 1. The van der Waals surface area contributed by atoms with Gasteiger partial charge >= 0.3 is 0 Å². The normalized spacial score (nSPS) is 10.8. The molecule has 0 fully saturated rings. The average Bonchev–Trinajstić information content (AvgIpc) is 2.81. The standard InChI is InChI=1S/C12H14BrN3O2/c1-17-6-2-3-11-15-12(18-16-11)9-7-8(14)4-5-10(9)13/h4-5,7H,2-3,6,14H2,1H3. The highest BCUT2D eigenvalue weighted by Gasteiger charge is 2.12. The van der Waals surface area contributed by atoms with Crippen molar-refractivity contribution in [2.45, 2.75) is 12.8 Å². The smallest absolute Gasteiger partial charge is 0.259 e. The molecule has 18 heavy (non-hydrogen) atoms. The van der Waals surface area contributed by atoms with E-state index >= 15 is 0 Å². The Balaban J connectivity index is 2.16. The Kier molecular flexibility index (Phi) is 4.33. The lowest BCUT2D eigenvalue weighted by Gasteiger charge is -1.99. The lowest BCUT2D eigenvalue weighted by atomic mass is 10.2. The number of hydrogen-bond donors (Lipinski definition) is 1. The van der Waals surface area contributed by atoms with Crippen molar-refractivity contribution in [3.05, 3.63) is 28.5 Å². The number of halogens is 1. The van der Waals surface area contributed by atoms with E-state index in [1.54, 1.807) is 13.2 Å². The Morgan fingerprint density at radius 3 is 3.06 bits per heavy atom. The van der Waals surface area contributed by atoms with E-state index in [1.807, 2.05) is 12.1 Å². The topological polar surface area (TPSA) is 74.2 Å². The van der Waals surface area contributed by atoms with Gasteiger partial charge in [0.15, 0.2) is 5.82 Å². The maximum Gasteiger partial charge on any atom is 0.259 e. The third-order valence-corrected chi connectivity index (χ3v) is 3.13. The minimum absolute atomic E-state index is 0.474. The van der Waals surface area contributed by atoms with Crippen molar-refractivity contribution in [2.24, 2.45) is 0 Å². The maximum atomic E-state index is 5.74. The Labute approximate surface area is 113 Å². The zero-order valence-electron chi connectivity index (χ0n) is 10.0. The van der Waals surface area contributed by atoms with Crippen molar-refractivity contribution in [1.29, 1.82) is 0 Å². The van der Waals surface area contributed by atoms with Gasteiger partial charge in [-0.05, 0) is 40.5 Å². The molecule has 6 heteroatoms. The van der Waals surface area contributed by atoms with Crippen molar-refractivity contribution in [1.82, 2.24) is 10.1 Å². The Morgan fingerprint density at radius 2 is 2.28 bits per heavy atom. The first-order valence-corrected chi connectivity index (χ1v) is 6.37. The van der Waals surface area contributed by atoms with Crippen LogP contribution in [0.5, 0.6) is 0 Å². The van der Waals surface area contributed by atoms with Crippen LogP contribution in [0, 0.1) is 0 Å². The van der Waals surface area contributed by atoms with Crippen molar-refractivity contribution in [2.75, 3.05) is 19.5 Å². The second kappa shape index (κ2) is 5.97. The number of aromatic nitrogens is 2. The van der Waals surface area contributed by atoms with Crippen molar-refractivity contribution < 1.29 is 9.26 Å². The Hall–Kier alpha value is -1.40. The molecule has 2 N–H and O–H groups in total. The second-order valence-electron chi connectivity index (χ2n) is 3.85. The first-order chi connectivity index (χ1) is 8.70. The molecule has 0 aliphatic rings. The SMILES string of the molecule is COCCCc1noc(-c2cc(N)ccc2Br)n1. The van der Waals surface area contributed by atoms with E-state index in [9.17, 15) is 0 Å². The van der Waals surface area contributed by atoms with Crippen molar-refractivity contribution in [3.8, 4) is 11.5 Å². The molecule has 0 saturated heterocycles. The van der Waals surface area contributed by atoms with Gasteiger partial charge in [-0.15, -0.1) is 0 Å². The predicted octanol–water partition coefficient (Wildman–Crippen LogP) is 2.66. The lowest BCUT2D eigenvalue weighted by Crippen LogP contribution is -1.94. The zero-order valence-corrected chi connectivity index (χ0v) is 11.6. The van der Waals surface area contributed by atoms with E-state index in [0.29, 0.717) is 24.0 Å². The van der Waals surface area contributed by atoms with E-state index in [2.05, 4.69) is 26.1 Å².